The summed E-state index contributed by atoms with van der Waals surface area (Å²) in [6, 6.07) is 29.3. The molecule has 0 aliphatic rings. The molecule has 0 bridgehead atoms. The molecule has 2 N–H and O–H groups in total. The first kappa shape index (κ1) is 29.2. The van der Waals surface area contributed by atoms with Gasteiger partial charge in [-0.1, -0.05) is 72.3 Å². The molecule has 8 nitrogen and oxygen atoms in total. The van der Waals surface area contributed by atoms with Crippen LogP contribution in [0.5, 0.6) is 0 Å². The Kier molecular flexibility index (Phi) is 8.59. The number of nitrogens with one attached hydrogen (secondary N) is 1. The summed E-state index contributed by atoms with van der Waals surface area (Å²) in [6.07, 6.45) is 0.149. The Labute approximate surface area is 252 Å². The zero-order valence-electron chi connectivity index (χ0n) is 23.0. The topological polar surface area (TPSA) is 118 Å². The van der Waals surface area contributed by atoms with Crippen LogP contribution >= 0.6 is 11.6 Å². The number of carboxylic acid groups (broad SMARTS) is 1. The molecule has 0 fully saturated rings. The van der Waals surface area contributed by atoms with Gasteiger partial charge < -0.3 is 10.4 Å². The molecule has 1 amide bonds. The fourth-order valence-corrected chi connectivity index (χ4v) is 4.97. The lowest BCUT2D eigenvalue weighted by Gasteiger charge is -2.21. The molecule has 4 aromatic carbocycles. The fourth-order valence-electron chi connectivity index (χ4n) is 4.80. The van der Waals surface area contributed by atoms with Crippen LogP contribution in [0.2, 0.25) is 5.02 Å². The third-order valence-electron chi connectivity index (χ3n) is 6.92. The first-order chi connectivity index (χ1) is 20.7. The van der Waals surface area contributed by atoms with Gasteiger partial charge in [0.1, 0.15) is 6.04 Å². The molecular formula is C34H26ClN3O5. The number of halogens is 1. The number of ketones is 1. The Morgan fingerprint density at radius 3 is 2.14 bits per heavy atom. The highest BCUT2D eigenvalue weighted by Crippen LogP contribution is 2.34. The van der Waals surface area contributed by atoms with Crippen LogP contribution in [0.3, 0.4) is 0 Å². The summed E-state index contributed by atoms with van der Waals surface area (Å²) in [4.78, 5) is 51.4. The number of nitrogens with zero attached hydrogens (tertiary/aromatic N) is 2. The fraction of sp³-hybridized carbons (Fsp3) is 0.0882. The Balaban J connectivity index is 1.67. The maximum atomic E-state index is 13.8. The highest BCUT2D eigenvalue weighted by atomic mass is 35.5. The van der Waals surface area contributed by atoms with E-state index in [2.05, 4.69) is 5.32 Å². The lowest BCUT2D eigenvalue weighted by atomic mass is 9.94. The number of aromatic carboxylic acids is 1. The molecule has 0 radical (unpaired) electrons. The van der Waals surface area contributed by atoms with Crippen LogP contribution in [-0.4, -0.2) is 32.5 Å². The molecule has 43 heavy (non-hydrogen) atoms. The molecule has 0 saturated heterocycles. The minimum absolute atomic E-state index is 0.0748. The summed E-state index contributed by atoms with van der Waals surface area (Å²) in [6.45, 7) is 1.44. The number of anilines is 1. The molecule has 0 aliphatic heterocycles. The number of carbonyl (C=O) groups excluding carboxylic acids is 2. The third-order valence-corrected chi connectivity index (χ3v) is 7.16. The third kappa shape index (κ3) is 6.60. The minimum Gasteiger partial charge on any atom is -0.478 e. The van der Waals surface area contributed by atoms with E-state index in [4.69, 9.17) is 16.7 Å². The quantitative estimate of drug-likeness (QED) is 0.188. The molecule has 0 aliphatic carbocycles. The zero-order valence-corrected chi connectivity index (χ0v) is 23.8. The molecule has 1 aromatic heterocycles. The van der Waals surface area contributed by atoms with Gasteiger partial charge in [-0.05, 0) is 60.5 Å². The zero-order chi connectivity index (χ0) is 30.5. The van der Waals surface area contributed by atoms with Gasteiger partial charge in [0.05, 0.1) is 11.3 Å². The predicted octanol–water partition coefficient (Wildman–Crippen LogP) is 6.55. The molecule has 1 heterocycles. The van der Waals surface area contributed by atoms with Crippen molar-refractivity contribution in [2.24, 2.45) is 0 Å². The van der Waals surface area contributed by atoms with Crippen molar-refractivity contribution >= 4 is 34.9 Å². The number of rotatable bonds is 9. The Morgan fingerprint density at radius 1 is 0.860 bits per heavy atom. The van der Waals surface area contributed by atoms with E-state index in [0.29, 0.717) is 38.7 Å². The first-order valence-electron chi connectivity index (χ1n) is 13.4. The van der Waals surface area contributed by atoms with Crippen LogP contribution in [-0.2, 0) is 11.2 Å². The smallest absolute Gasteiger partial charge is 0.335 e. The van der Waals surface area contributed by atoms with E-state index in [0.717, 1.165) is 10.2 Å². The van der Waals surface area contributed by atoms with Crippen molar-refractivity contribution in [1.82, 2.24) is 9.78 Å². The molecular weight excluding hydrogens is 566 g/mol. The second kappa shape index (κ2) is 12.7. The van der Waals surface area contributed by atoms with Gasteiger partial charge in [-0.2, -0.15) is 5.10 Å². The summed E-state index contributed by atoms with van der Waals surface area (Å²) in [5.74, 6) is -1.80. The van der Waals surface area contributed by atoms with E-state index >= 15 is 0 Å². The number of hydrogen-bond acceptors (Lipinski definition) is 5. The summed E-state index contributed by atoms with van der Waals surface area (Å²) in [5, 5.41) is 17.2. The lowest BCUT2D eigenvalue weighted by Crippen LogP contribution is -2.36. The summed E-state index contributed by atoms with van der Waals surface area (Å²) in [7, 11) is 0. The highest BCUT2D eigenvalue weighted by Gasteiger charge is 2.26. The van der Waals surface area contributed by atoms with Crippen molar-refractivity contribution in [1.29, 1.82) is 0 Å². The Morgan fingerprint density at radius 2 is 1.51 bits per heavy atom. The standard InChI is InChI=1S/C34H26ClN3O5/c1-21(39)27-17-14-25(35)19-28(27)29-20-31(40)38(37-32(29)23-10-6-3-7-11-23)30(18-22-8-4-2-5-9-22)33(41)36-26-15-12-24(13-16-26)34(42)43/h2-17,19-20,30H,18H2,1H3,(H,36,41)(H,42,43). The number of benzene rings is 4. The van der Waals surface area contributed by atoms with E-state index in [1.807, 2.05) is 60.7 Å². The molecule has 5 aromatic rings. The predicted molar refractivity (Wildman–Crippen MR) is 166 cm³/mol. The van der Waals surface area contributed by atoms with Gasteiger partial charge in [0.2, 0.25) is 5.91 Å². The van der Waals surface area contributed by atoms with Crippen LogP contribution in [0.1, 0.15) is 39.2 Å². The van der Waals surface area contributed by atoms with E-state index in [-0.39, 0.29) is 17.8 Å². The van der Waals surface area contributed by atoms with Crippen molar-refractivity contribution in [2.45, 2.75) is 19.4 Å². The van der Waals surface area contributed by atoms with Gasteiger partial charge in [-0.25, -0.2) is 9.48 Å². The SMILES string of the molecule is CC(=O)c1ccc(Cl)cc1-c1cc(=O)n(C(Cc2ccccc2)C(=O)Nc2ccc(C(=O)O)cc2)nc1-c1ccccc1. The van der Waals surface area contributed by atoms with Crippen LogP contribution in [0.4, 0.5) is 5.69 Å². The highest BCUT2D eigenvalue weighted by molar-refractivity contribution is 6.31. The van der Waals surface area contributed by atoms with Gasteiger partial charge in [0.25, 0.3) is 5.56 Å². The molecule has 5 rings (SSSR count). The van der Waals surface area contributed by atoms with Crippen molar-refractivity contribution in [2.75, 3.05) is 5.32 Å². The average molecular weight is 592 g/mol. The van der Waals surface area contributed by atoms with Crippen molar-refractivity contribution in [3.8, 4) is 22.4 Å². The van der Waals surface area contributed by atoms with Gasteiger partial charge >= 0.3 is 5.97 Å². The van der Waals surface area contributed by atoms with E-state index in [1.54, 1.807) is 18.2 Å². The normalized spacial score (nSPS) is 11.5. The lowest BCUT2D eigenvalue weighted by molar-refractivity contribution is -0.119. The molecule has 1 unspecified atom stereocenters. The van der Waals surface area contributed by atoms with Crippen molar-refractivity contribution in [3.05, 3.63) is 141 Å². The molecule has 9 heteroatoms. The van der Waals surface area contributed by atoms with Crippen LogP contribution in [0, 0.1) is 0 Å². The van der Waals surface area contributed by atoms with Gasteiger partial charge in [0.15, 0.2) is 5.78 Å². The van der Waals surface area contributed by atoms with Crippen molar-refractivity contribution in [3.63, 3.8) is 0 Å². The molecule has 0 spiro atoms. The number of hydrogen-bond donors (Lipinski definition) is 2. The summed E-state index contributed by atoms with van der Waals surface area (Å²) in [5.41, 5.74) is 2.99. The van der Waals surface area contributed by atoms with Crippen molar-refractivity contribution < 1.29 is 19.5 Å². The number of carboxylic acids is 1. The Hall–Kier alpha value is -5.34. The molecule has 214 valence electrons. The van der Waals surface area contributed by atoms with Gasteiger partial charge in [-0.3, -0.25) is 14.4 Å². The number of amides is 1. The second-order valence-electron chi connectivity index (χ2n) is 9.88. The first-order valence-corrected chi connectivity index (χ1v) is 13.8. The maximum Gasteiger partial charge on any atom is 0.335 e. The number of carbonyl (C=O) groups is 3. The molecule has 1 atom stereocenters. The van der Waals surface area contributed by atoms with Gasteiger partial charge in [0, 0.05) is 39.9 Å². The monoisotopic (exact) mass is 591 g/mol. The number of aromatic nitrogens is 2. The summed E-state index contributed by atoms with van der Waals surface area (Å²) >= 11 is 6.33. The Bertz CT molecular complexity index is 1870. The second-order valence-corrected chi connectivity index (χ2v) is 10.3. The molecule has 0 saturated carbocycles. The van der Waals surface area contributed by atoms with E-state index in [9.17, 15) is 24.3 Å². The van der Waals surface area contributed by atoms with Gasteiger partial charge in [-0.15, -0.1) is 0 Å². The number of Topliss-reactive ketones (excluding diaryl/α,β-unsaturated/α-hetero) is 1. The van der Waals surface area contributed by atoms with Crippen LogP contribution in [0.25, 0.3) is 22.4 Å². The van der Waals surface area contributed by atoms with E-state index < -0.39 is 23.5 Å². The van der Waals surface area contributed by atoms with Crippen LogP contribution < -0.4 is 10.9 Å². The average Bonchev–Trinajstić information content (AvgIpc) is 3.01. The maximum absolute atomic E-state index is 13.8. The van der Waals surface area contributed by atoms with Crippen LogP contribution in [0.15, 0.2) is 114 Å². The largest absolute Gasteiger partial charge is 0.478 e. The van der Waals surface area contributed by atoms with E-state index in [1.165, 1.54) is 37.3 Å². The summed E-state index contributed by atoms with van der Waals surface area (Å²) < 4.78 is 1.15. The minimum atomic E-state index is -1.09.